The summed E-state index contributed by atoms with van der Waals surface area (Å²) in [5, 5.41) is 7.40. The van der Waals surface area contributed by atoms with Crippen molar-refractivity contribution in [1.82, 2.24) is 20.4 Å². The van der Waals surface area contributed by atoms with Gasteiger partial charge >= 0.3 is 0 Å². The second kappa shape index (κ2) is 5.96. The molecule has 0 saturated carbocycles. The van der Waals surface area contributed by atoms with Crippen molar-refractivity contribution in [1.29, 1.82) is 0 Å². The van der Waals surface area contributed by atoms with Gasteiger partial charge in [0.05, 0.1) is 19.8 Å². The fourth-order valence-electron chi connectivity index (χ4n) is 2.38. The standard InChI is InChI=1S/C12H20N4O3/c1-16-3-5-18-10(7-16)12-14-11(19-15-12)6-9-8-17-4-2-13-9/h9-10,13H,2-8H2,1H3. The molecule has 3 rings (SSSR count). The summed E-state index contributed by atoms with van der Waals surface area (Å²) in [4.78, 5) is 6.65. The first kappa shape index (κ1) is 13.0. The molecule has 0 aliphatic carbocycles. The monoisotopic (exact) mass is 268 g/mol. The summed E-state index contributed by atoms with van der Waals surface area (Å²) < 4.78 is 16.4. The second-order valence-corrected chi connectivity index (χ2v) is 5.10. The summed E-state index contributed by atoms with van der Waals surface area (Å²) in [6.07, 6.45) is 0.627. The van der Waals surface area contributed by atoms with E-state index < -0.39 is 0 Å². The molecule has 0 bridgehead atoms. The summed E-state index contributed by atoms with van der Waals surface area (Å²) in [5.41, 5.74) is 0. The van der Waals surface area contributed by atoms with E-state index in [0.29, 0.717) is 31.3 Å². The Morgan fingerprint density at radius 1 is 1.42 bits per heavy atom. The maximum absolute atomic E-state index is 5.67. The SMILES string of the molecule is CN1CCOC(c2noc(CC3COCCN3)n2)C1. The molecule has 2 atom stereocenters. The summed E-state index contributed by atoms with van der Waals surface area (Å²) in [7, 11) is 2.07. The average molecular weight is 268 g/mol. The first-order valence-electron chi connectivity index (χ1n) is 6.75. The van der Waals surface area contributed by atoms with Crippen molar-refractivity contribution in [3.05, 3.63) is 11.7 Å². The molecule has 0 radical (unpaired) electrons. The largest absolute Gasteiger partial charge is 0.378 e. The van der Waals surface area contributed by atoms with E-state index in [2.05, 4.69) is 27.4 Å². The van der Waals surface area contributed by atoms with E-state index in [0.717, 1.165) is 26.2 Å². The lowest BCUT2D eigenvalue weighted by Gasteiger charge is -2.27. The lowest BCUT2D eigenvalue weighted by Crippen LogP contribution is -2.42. The van der Waals surface area contributed by atoms with Gasteiger partial charge in [-0.2, -0.15) is 4.98 Å². The first-order chi connectivity index (χ1) is 9.31. The molecular formula is C12H20N4O3. The summed E-state index contributed by atoms with van der Waals surface area (Å²) in [5.74, 6) is 1.30. The number of likely N-dealkylation sites (N-methyl/N-ethyl adjacent to an activating group) is 1. The predicted molar refractivity (Wildman–Crippen MR) is 66.8 cm³/mol. The predicted octanol–water partition coefficient (Wildman–Crippen LogP) is -0.396. The molecule has 2 fully saturated rings. The van der Waals surface area contributed by atoms with Crippen molar-refractivity contribution < 1.29 is 14.0 Å². The first-order valence-corrected chi connectivity index (χ1v) is 6.75. The van der Waals surface area contributed by atoms with E-state index in [4.69, 9.17) is 14.0 Å². The van der Waals surface area contributed by atoms with Crippen LogP contribution in [0.25, 0.3) is 0 Å². The Hall–Kier alpha value is -1.02. The highest BCUT2D eigenvalue weighted by Crippen LogP contribution is 2.19. The molecule has 3 heterocycles. The van der Waals surface area contributed by atoms with Gasteiger partial charge in [-0.25, -0.2) is 0 Å². The molecular weight excluding hydrogens is 248 g/mol. The molecule has 0 aromatic carbocycles. The van der Waals surface area contributed by atoms with Crippen LogP contribution in [0.4, 0.5) is 0 Å². The molecule has 2 aliphatic rings. The Morgan fingerprint density at radius 3 is 3.16 bits per heavy atom. The molecule has 7 nitrogen and oxygen atoms in total. The van der Waals surface area contributed by atoms with Crippen molar-refractivity contribution >= 4 is 0 Å². The van der Waals surface area contributed by atoms with Crippen molar-refractivity contribution in [2.45, 2.75) is 18.6 Å². The molecule has 19 heavy (non-hydrogen) atoms. The highest BCUT2D eigenvalue weighted by Gasteiger charge is 2.25. The van der Waals surface area contributed by atoms with Crippen LogP contribution >= 0.6 is 0 Å². The summed E-state index contributed by atoms with van der Waals surface area (Å²) in [6.45, 7) is 4.81. The number of ether oxygens (including phenoxy) is 2. The fraction of sp³-hybridized carbons (Fsp3) is 0.833. The van der Waals surface area contributed by atoms with Gasteiger partial charge in [-0.3, -0.25) is 0 Å². The zero-order chi connectivity index (χ0) is 13.1. The molecule has 1 N–H and O–H groups in total. The van der Waals surface area contributed by atoms with Gasteiger partial charge in [0.15, 0.2) is 0 Å². The van der Waals surface area contributed by atoms with Crippen molar-refractivity contribution in [2.24, 2.45) is 0 Å². The molecule has 0 amide bonds. The van der Waals surface area contributed by atoms with Crippen molar-refractivity contribution in [3.8, 4) is 0 Å². The van der Waals surface area contributed by atoms with E-state index in [1.165, 1.54) is 0 Å². The van der Waals surface area contributed by atoms with Crippen LogP contribution in [0.2, 0.25) is 0 Å². The van der Waals surface area contributed by atoms with Crippen LogP contribution in [-0.4, -0.2) is 67.6 Å². The molecule has 0 spiro atoms. The number of nitrogens with one attached hydrogen (secondary N) is 1. The maximum Gasteiger partial charge on any atom is 0.228 e. The Balaban J connectivity index is 1.59. The number of hydrogen-bond acceptors (Lipinski definition) is 7. The maximum atomic E-state index is 5.67. The van der Waals surface area contributed by atoms with Gasteiger partial charge in [-0.15, -0.1) is 0 Å². The Kier molecular flexibility index (Phi) is 4.07. The highest BCUT2D eigenvalue weighted by molar-refractivity contribution is 4.95. The highest BCUT2D eigenvalue weighted by atomic mass is 16.5. The Bertz CT molecular complexity index is 405. The average Bonchev–Trinajstić information content (AvgIpc) is 2.88. The number of aromatic nitrogens is 2. The van der Waals surface area contributed by atoms with Gasteiger partial charge in [-0.1, -0.05) is 5.16 Å². The van der Waals surface area contributed by atoms with Crippen molar-refractivity contribution in [3.63, 3.8) is 0 Å². The van der Waals surface area contributed by atoms with E-state index >= 15 is 0 Å². The lowest BCUT2D eigenvalue weighted by atomic mass is 10.2. The number of rotatable bonds is 3. The molecule has 2 unspecified atom stereocenters. The number of hydrogen-bond donors (Lipinski definition) is 1. The van der Waals surface area contributed by atoms with Crippen LogP contribution in [0.5, 0.6) is 0 Å². The third-order valence-electron chi connectivity index (χ3n) is 3.46. The van der Waals surface area contributed by atoms with Gasteiger partial charge in [0, 0.05) is 32.1 Å². The summed E-state index contributed by atoms with van der Waals surface area (Å²) >= 11 is 0. The molecule has 1 aromatic heterocycles. The second-order valence-electron chi connectivity index (χ2n) is 5.10. The zero-order valence-electron chi connectivity index (χ0n) is 11.2. The minimum absolute atomic E-state index is 0.0770. The number of nitrogens with zero attached hydrogens (tertiary/aromatic N) is 3. The van der Waals surface area contributed by atoms with Crippen LogP contribution in [0.3, 0.4) is 0 Å². The van der Waals surface area contributed by atoms with Gasteiger partial charge in [0.2, 0.25) is 11.7 Å². The number of morpholine rings is 2. The lowest BCUT2D eigenvalue weighted by molar-refractivity contribution is -0.0264. The molecule has 106 valence electrons. The van der Waals surface area contributed by atoms with Gasteiger partial charge in [-0.05, 0) is 7.05 Å². The van der Waals surface area contributed by atoms with Gasteiger partial charge < -0.3 is 24.2 Å². The van der Waals surface area contributed by atoms with Crippen LogP contribution in [0.1, 0.15) is 17.8 Å². The zero-order valence-corrected chi connectivity index (χ0v) is 11.2. The third-order valence-corrected chi connectivity index (χ3v) is 3.46. The van der Waals surface area contributed by atoms with E-state index in [1.807, 2.05) is 0 Å². The van der Waals surface area contributed by atoms with Crippen LogP contribution in [0.15, 0.2) is 4.52 Å². The quantitative estimate of drug-likeness (QED) is 0.800. The van der Waals surface area contributed by atoms with Gasteiger partial charge in [0.25, 0.3) is 0 Å². The fourth-order valence-corrected chi connectivity index (χ4v) is 2.38. The molecule has 1 aromatic rings. The molecule has 7 heteroatoms. The Labute approximate surface area is 112 Å². The molecule has 2 aliphatic heterocycles. The normalized spacial score (nSPS) is 29.5. The van der Waals surface area contributed by atoms with Crippen molar-refractivity contribution in [2.75, 3.05) is 46.5 Å². The molecule has 2 saturated heterocycles. The minimum atomic E-state index is -0.0770. The van der Waals surface area contributed by atoms with Gasteiger partial charge in [0.1, 0.15) is 6.10 Å². The Morgan fingerprint density at radius 2 is 2.37 bits per heavy atom. The summed E-state index contributed by atoms with van der Waals surface area (Å²) in [6, 6.07) is 0.261. The minimum Gasteiger partial charge on any atom is -0.378 e. The van der Waals surface area contributed by atoms with Crippen LogP contribution in [-0.2, 0) is 15.9 Å². The van der Waals surface area contributed by atoms with E-state index in [1.54, 1.807) is 0 Å². The van der Waals surface area contributed by atoms with Crippen LogP contribution < -0.4 is 5.32 Å². The third kappa shape index (κ3) is 3.30. The van der Waals surface area contributed by atoms with E-state index in [9.17, 15) is 0 Å². The van der Waals surface area contributed by atoms with Crippen LogP contribution in [0, 0.1) is 0 Å². The topological polar surface area (TPSA) is 72.7 Å². The van der Waals surface area contributed by atoms with E-state index in [-0.39, 0.29) is 12.1 Å². The smallest absolute Gasteiger partial charge is 0.228 e.